The maximum Gasteiger partial charge on any atom is 0.298 e. The Labute approximate surface area is 156 Å². The van der Waals surface area contributed by atoms with E-state index < -0.39 is 0 Å². The Morgan fingerprint density at radius 3 is 2.38 bits per heavy atom. The smallest absolute Gasteiger partial charge is 0.298 e. The van der Waals surface area contributed by atoms with Gasteiger partial charge in [0.05, 0.1) is 10.6 Å². The molecule has 0 saturated carbocycles. The molecule has 2 amide bonds. The molecule has 0 atom stereocenters. The number of hydrogen-bond donors (Lipinski definition) is 0. The van der Waals surface area contributed by atoms with Crippen LogP contribution in [0, 0.1) is 0 Å². The maximum atomic E-state index is 12.6. The summed E-state index contributed by atoms with van der Waals surface area (Å²) in [7, 11) is 0. The molecule has 26 heavy (non-hydrogen) atoms. The number of nitrogens with zero attached hydrogens (tertiary/aromatic N) is 2. The first-order chi connectivity index (χ1) is 12.7. The molecule has 2 saturated heterocycles. The first-order valence-corrected chi connectivity index (χ1v) is 9.72. The van der Waals surface area contributed by atoms with Gasteiger partial charge in [0.1, 0.15) is 5.76 Å². The van der Waals surface area contributed by atoms with Crippen molar-refractivity contribution in [2.24, 2.45) is 0 Å². The average Bonchev–Trinajstić information content (AvgIpc) is 3.09. The topological polar surface area (TPSA) is 53.8 Å². The van der Waals surface area contributed by atoms with Gasteiger partial charge in [-0.15, -0.1) is 0 Å². The first kappa shape index (κ1) is 17.0. The second-order valence-corrected chi connectivity index (χ2v) is 7.42. The fraction of sp³-hybridized carbons (Fsp3) is 0.300. The summed E-state index contributed by atoms with van der Waals surface area (Å²) < 4.78 is 5.92. The van der Waals surface area contributed by atoms with Crippen LogP contribution in [-0.4, -0.2) is 24.2 Å². The minimum atomic E-state index is -0.307. The zero-order valence-corrected chi connectivity index (χ0v) is 15.2. The Bertz CT molecular complexity index is 836. The lowest BCUT2D eigenvalue weighted by Gasteiger charge is -2.18. The molecule has 0 unspecified atom stereocenters. The molecule has 2 fully saturated rings. The Kier molecular flexibility index (Phi) is 4.84. The molecule has 4 rings (SSSR count). The quantitative estimate of drug-likeness (QED) is 0.721. The van der Waals surface area contributed by atoms with Crippen LogP contribution < -0.4 is 9.80 Å². The van der Waals surface area contributed by atoms with Gasteiger partial charge in [-0.25, -0.2) is 4.90 Å². The number of rotatable bonds is 3. The molecule has 5 nitrogen and oxygen atoms in total. The van der Waals surface area contributed by atoms with Crippen molar-refractivity contribution in [2.75, 3.05) is 22.9 Å². The van der Waals surface area contributed by atoms with Gasteiger partial charge in [0.15, 0.2) is 5.88 Å². The number of furan rings is 1. The number of carbonyl (C=O) groups is 2. The zero-order chi connectivity index (χ0) is 17.9. The van der Waals surface area contributed by atoms with E-state index in [1.165, 1.54) is 30.6 Å². The van der Waals surface area contributed by atoms with Gasteiger partial charge in [0.2, 0.25) is 0 Å². The van der Waals surface area contributed by atoms with Crippen LogP contribution in [0.3, 0.4) is 0 Å². The molecule has 1 aromatic heterocycles. The Morgan fingerprint density at radius 1 is 0.923 bits per heavy atom. The van der Waals surface area contributed by atoms with Gasteiger partial charge in [-0.2, -0.15) is 0 Å². The van der Waals surface area contributed by atoms with Crippen LogP contribution in [0.1, 0.15) is 31.4 Å². The highest BCUT2D eigenvalue weighted by Gasteiger charge is 2.36. The summed E-state index contributed by atoms with van der Waals surface area (Å²) >= 11 is 0.945. The lowest BCUT2D eigenvalue weighted by Crippen LogP contribution is -2.27. The van der Waals surface area contributed by atoms with Gasteiger partial charge >= 0.3 is 0 Å². The highest BCUT2D eigenvalue weighted by Crippen LogP contribution is 2.36. The lowest BCUT2D eigenvalue weighted by molar-refractivity contribution is -0.113. The van der Waals surface area contributed by atoms with E-state index in [4.69, 9.17) is 4.42 Å². The summed E-state index contributed by atoms with van der Waals surface area (Å²) in [5, 5.41) is -0.285. The van der Waals surface area contributed by atoms with Crippen molar-refractivity contribution in [3.8, 4) is 0 Å². The SMILES string of the molecule is O=C1S/C(=C/c2ccc(N3CCCCCC3)o2)C(=O)N1c1ccccc1. The minimum absolute atomic E-state index is 0.285. The number of imide groups is 1. The number of hydrogen-bond acceptors (Lipinski definition) is 5. The predicted octanol–water partition coefficient (Wildman–Crippen LogP) is 4.90. The number of benzene rings is 1. The Morgan fingerprint density at radius 2 is 1.65 bits per heavy atom. The van der Waals surface area contributed by atoms with E-state index in [9.17, 15) is 9.59 Å². The summed E-state index contributed by atoms with van der Waals surface area (Å²) in [6.45, 7) is 1.99. The van der Waals surface area contributed by atoms with Crippen LogP contribution in [0.4, 0.5) is 16.4 Å². The number of para-hydroxylation sites is 1. The molecule has 134 valence electrons. The van der Waals surface area contributed by atoms with Crippen LogP contribution in [0.2, 0.25) is 0 Å². The van der Waals surface area contributed by atoms with Gasteiger partial charge < -0.3 is 9.32 Å². The monoisotopic (exact) mass is 368 g/mol. The highest BCUT2D eigenvalue weighted by molar-refractivity contribution is 8.19. The molecule has 0 spiro atoms. The van der Waals surface area contributed by atoms with E-state index in [0.29, 0.717) is 16.4 Å². The molecule has 2 aromatic rings. The third kappa shape index (κ3) is 3.42. The highest BCUT2D eigenvalue weighted by atomic mass is 32.2. The number of amides is 2. The molecule has 0 aliphatic carbocycles. The molecule has 6 heteroatoms. The molecular formula is C20H20N2O3S. The third-order valence-electron chi connectivity index (χ3n) is 4.61. The number of carbonyl (C=O) groups excluding carboxylic acids is 2. The van der Waals surface area contributed by atoms with Crippen LogP contribution in [0.15, 0.2) is 51.8 Å². The standard InChI is InChI=1S/C20H20N2O3S/c23-19-17(26-20(24)22(19)15-8-4-3-5-9-15)14-16-10-11-18(25-16)21-12-6-1-2-7-13-21/h3-5,8-11,14H,1-2,6-7,12-13H2/b17-14+. The summed E-state index contributed by atoms with van der Waals surface area (Å²) in [6, 6.07) is 12.8. The van der Waals surface area contributed by atoms with E-state index in [0.717, 1.165) is 30.7 Å². The van der Waals surface area contributed by atoms with Crippen molar-refractivity contribution in [1.82, 2.24) is 0 Å². The predicted molar refractivity (Wildman–Crippen MR) is 104 cm³/mol. The zero-order valence-electron chi connectivity index (χ0n) is 14.4. The number of anilines is 2. The van der Waals surface area contributed by atoms with Crippen LogP contribution in [-0.2, 0) is 4.79 Å². The first-order valence-electron chi connectivity index (χ1n) is 8.90. The van der Waals surface area contributed by atoms with Gasteiger partial charge in [-0.1, -0.05) is 31.0 Å². The summed E-state index contributed by atoms with van der Waals surface area (Å²) in [5.74, 6) is 1.13. The van der Waals surface area contributed by atoms with Crippen LogP contribution in [0.5, 0.6) is 0 Å². The molecule has 0 radical (unpaired) electrons. The van der Waals surface area contributed by atoms with E-state index in [1.807, 2.05) is 30.3 Å². The van der Waals surface area contributed by atoms with Crippen molar-refractivity contribution < 1.29 is 14.0 Å². The molecular weight excluding hydrogens is 348 g/mol. The van der Waals surface area contributed by atoms with E-state index >= 15 is 0 Å². The van der Waals surface area contributed by atoms with Crippen molar-refractivity contribution in [3.63, 3.8) is 0 Å². The molecule has 1 aromatic carbocycles. The largest absolute Gasteiger partial charge is 0.441 e. The van der Waals surface area contributed by atoms with Crippen molar-refractivity contribution in [2.45, 2.75) is 25.7 Å². The second kappa shape index (κ2) is 7.41. The molecule has 0 N–H and O–H groups in total. The van der Waals surface area contributed by atoms with Gasteiger partial charge in [0, 0.05) is 25.2 Å². The van der Waals surface area contributed by atoms with Gasteiger partial charge in [0.25, 0.3) is 11.1 Å². The summed E-state index contributed by atoms with van der Waals surface area (Å²) in [4.78, 5) is 28.7. The number of thioether (sulfide) groups is 1. The average molecular weight is 368 g/mol. The maximum absolute atomic E-state index is 12.6. The summed E-state index contributed by atoms with van der Waals surface area (Å²) in [5.41, 5.74) is 0.586. The van der Waals surface area contributed by atoms with Gasteiger partial charge in [-0.3, -0.25) is 9.59 Å². The van der Waals surface area contributed by atoms with E-state index in [1.54, 1.807) is 18.2 Å². The summed E-state index contributed by atoms with van der Waals surface area (Å²) in [6.07, 6.45) is 6.53. The molecule has 2 aliphatic heterocycles. The third-order valence-corrected chi connectivity index (χ3v) is 5.48. The molecule has 3 heterocycles. The van der Waals surface area contributed by atoms with E-state index in [2.05, 4.69) is 4.90 Å². The molecule has 0 bridgehead atoms. The fourth-order valence-corrected chi connectivity index (χ4v) is 4.10. The van der Waals surface area contributed by atoms with Crippen molar-refractivity contribution >= 4 is 40.6 Å². The van der Waals surface area contributed by atoms with Crippen molar-refractivity contribution in [1.29, 1.82) is 0 Å². The van der Waals surface area contributed by atoms with Gasteiger partial charge in [-0.05, 0) is 42.8 Å². The van der Waals surface area contributed by atoms with Crippen molar-refractivity contribution in [3.05, 3.63) is 53.1 Å². The molecule has 2 aliphatic rings. The van der Waals surface area contributed by atoms with E-state index in [-0.39, 0.29) is 11.1 Å². The fourth-order valence-electron chi connectivity index (χ4n) is 3.28. The Hall–Kier alpha value is -2.47. The van der Waals surface area contributed by atoms with Crippen LogP contribution in [0.25, 0.3) is 6.08 Å². The lowest BCUT2D eigenvalue weighted by atomic mass is 10.2. The van der Waals surface area contributed by atoms with Crippen LogP contribution >= 0.6 is 11.8 Å². The normalized spacial score (nSPS) is 20.1. The minimum Gasteiger partial charge on any atom is -0.441 e. The second-order valence-electron chi connectivity index (χ2n) is 6.43. The Balaban J connectivity index is 1.54.